The van der Waals surface area contributed by atoms with Crippen molar-refractivity contribution in [1.82, 2.24) is 20.8 Å². The van der Waals surface area contributed by atoms with Gasteiger partial charge in [0.2, 0.25) is 5.91 Å². The second-order valence-electron chi connectivity index (χ2n) is 4.67. The Labute approximate surface area is 111 Å². The van der Waals surface area contributed by atoms with Crippen molar-refractivity contribution in [3.63, 3.8) is 0 Å². The van der Waals surface area contributed by atoms with E-state index in [1.54, 1.807) is 0 Å². The summed E-state index contributed by atoms with van der Waals surface area (Å²) in [6, 6.07) is 0.345. The van der Waals surface area contributed by atoms with E-state index in [1.165, 1.54) is 0 Å². The average molecular weight is 265 g/mol. The van der Waals surface area contributed by atoms with Crippen LogP contribution in [0.3, 0.4) is 0 Å². The van der Waals surface area contributed by atoms with Crippen LogP contribution < -0.4 is 16.4 Å². The van der Waals surface area contributed by atoms with Crippen LogP contribution in [0.4, 0.5) is 5.69 Å². The van der Waals surface area contributed by atoms with Crippen molar-refractivity contribution in [2.45, 2.75) is 38.6 Å². The van der Waals surface area contributed by atoms with Crippen LogP contribution in [0.1, 0.15) is 42.4 Å². The molecule has 0 aliphatic heterocycles. The average Bonchev–Trinajstić information content (AvgIpc) is 3.10. The molecule has 7 nitrogen and oxygen atoms in total. The zero-order valence-corrected chi connectivity index (χ0v) is 11.0. The molecule has 7 heteroatoms. The molecule has 1 fully saturated rings. The number of carbonyl (C=O) groups is 2. The third-order valence-electron chi connectivity index (χ3n) is 3.03. The van der Waals surface area contributed by atoms with E-state index in [-0.39, 0.29) is 30.5 Å². The third-order valence-corrected chi connectivity index (χ3v) is 3.03. The summed E-state index contributed by atoms with van der Waals surface area (Å²) < 4.78 is 0. The number of nitrogens with one attached hydrogen (secondary N) is 3. The molecule has 0 unspecified atom stereocenters. The number of amides is 2. The number of nitrogens with two attached hydrogens (primary N) is 1. The number of carbonyl (C=O) groups excluding carboxylic acids is 2. The van der Waals surface area contributed by atoms with Crippen molar-refractivity contribution < 1.29 is 9.59 Å². The molecular formula is C12H19N5O2. The van der Waals surface area contributed by atoms with Crippen LogP contribution in [0.2, 0.25) is 0 Å². The number of anilines is 1. The minimum Gasteiger partial charge on any atom is -0.395 e. The summed E-state index contributed by atoms with van der Waals surface area (Å²) >= 11 is 0. The van der Waals surface area contributed by atoms with Gasteiger partial charge in [-0.25, -0.2) is 0 Å². The molecule has 1 aromatic heterocycles. The molecule has 5 N–H and O–H groups in total. The first-order valence-corrected chi connectivity index (χ1v) is 6.52. The number of hydrogen-bond acceptors (Lipinski definition) is 4. The highest BCUT2D eigenvalue weighted by Crippen LogP contribution is 2.18. The number of aromatic amines is 1. The van der Waals surface area contributed by atoms with E-state index < -0.39 is 0 Å². The predicted octanol–water partition coefficient (Wildman–Crippen LogP) is -0.0472. The van der Waals surface area contributed by atoms with Gasteiger partial charge in [0.1, 0.15) is 0 Å². The molecule has 1 aliphatic carbocycles. The van der Waals surface area contributed by atoms with Crippen LogP contribution in [0.15, 0.2) is 0 Å². The summed E-state index contributed by atoms with van der Waals surface area (Å²) in [5, 5.41) is 12.1. The Morgan fingerprint density at radius 1 is 1.47 bits per heavy atom. The van der Waals surface area contributed by atoms with E-state index in [4.69, 9.17) is 5.73 Å². The molecule has 1 aliphatic rings. The Morgan fingerprint density at radius 2 is 2.21 bits per heavy atom. The number of H-pyrrole nitrogens is 1. The van der Waals surface area contributed by atoms with E-state index >= 15 is 0 Å². The van der Waals surface area contributed by atoms with Gasteiger partial charge in [0.15, 0.2) is 5.69 Å². The molecule has 2 rings (SSSR count). The van der Waals surface area contributed by atoms with E-state index in [9.17, 15) is 9.59 Å². The van der Waals surface area contributed by atoms with Gasteiger partial charge in [-0.15, -0.1) is 0 Å². The van der Waals surface area contributed by atoms with Crippen molar-refractivity contribution >= 4 is 17.5 Å². The van der Waals surface area contributed by atoms with E-state index in [2.05, 4.69) is 20.8 Å². The Morgan fingerprint density at radius 3 is 2.79 bits per heavy atom. The fourth-order valence-electron chi connectivity index (χ4n) is 1.73. The highest BCUT2D eigenvalue weighted by Gasteiger charge is 2.23. The maximum absolute atomic E-state index is 11.8. The number of rotatable bonds is 6. The Balaban J connectivity index is 1.76. The predicted molar refractivity (Wildman–Crippen MR) is 70.5 cm³/mol. The number of hydrogen-bond donors (Lipinski definition) is 4. The van der Waals surface area contributed by atoms with Gasteiger partial charge in [-0.1, -0.05) is 6.92 Å². The molecule has 0 spiro atoms. The van der Waals surface area contributed by atoms with Crippen molar-refractivity contribution in [2.24, 2.45) is 0 Å². The summed E-state index contributed by atoms with van der Waals surface area (Å²) in [4.78, 5) is 23.2. The smallest absolute Gasteiger partial charge is 0.273 e. The maximum Gasteiger partial charge on any atom is 0.273 e. The summed E-state index contributed by atoms with van der Waals surface area (Å²) in [5.41, 5.74) is 7.10. The Hall–Kier alpha value is -2.05. The Bertz CT molecular complexity index is 478. The minimum atomic E-state index is -0.354. The van der Waals surface area contributed by atoms with Gasteiger partial charge in [-0.3, -0.25) is 14.7 Å². The lowest BCUT2D eigenvalue weighted by atomic mass is 10.2. The SMILES string of the molecule is CCc1[nH]nc(C(=O)NCCC(=O)NC2CC2)c1N. The molecule has 2 amide bonds. The van der Waals surface area contributed by atoms with Crippen molar-refractivity contribution in [1.29, 1.82) is 0 Å². The second kappa shape index (κ2) is 5.73. The number of nitrogen functional groups attached to an aromatic ring is 1. The third kappa shape index (κ3) is 3.46. The molecule has 1 saturated carbocycles. The molecule has 19 heavy (non-hydrogen) atoms. The van der Waals surface area contributed by atoms with Gasteiger partial charge in [-0.2, -0.15) is 5.10 Å². The summed E-state index contributed by atoms with van der Waals surface area (Å²) in [6.45, 7) is 2.21. The molecule has 0 bridgehead atoms. The normalized spacial score (nSPS) is 14.2. The Kier molecular flexibility index (Phi) is 4.03. The largest absolute Gasteiger partial charge is 0.395 e. The van der Waals surface area contributed by atoms with Gasteiger partial charge < -0.3 is 16.4 Å². The highest BCUT2D eigenvalue weighted by atomic mass is 16.2. The lowest BCUT2D eigenvalue weighted by Crippen LogP contribution is -2.32. The van der Waals surface area contributed by atoms with Crippen LogP contribution >= 0.6 is 0 Å². The highest BCUT2D eigenvalue weighted by molar-refractivity contribution is 5.97. The fraction of sp³-hybridized carbons (Fsp3) is 0.583. The number of aromatic nitrogens is 2. The molecule has 1 heterocycles. The van der Waals surface area contributed by atoms with Crippen LogP contribution in [0, 0.1) is 0 Å². The molecule has 104 valence electrons. The quantitative estimate of drug-likeness (QED) is 0.577. The lowest BCUT2D eigenvalue weighted by molar-refractivity contribution is -0.121. The lowest BCUT2D eigenvalue weighted by Gasteiger charge is -2.05. The van der Waals surface area contributed by atoms with Crippen LogP contribution in [-0.4, -0.2) is 34.6 Å². The van der Waals surface area contributed by atoms with Gasteiger partial charge in [0, 0.05) is 19.0 Å². The van der Waals surface area contributed by atoms with E-state index in [0.717, 1.165) is 18.5 Å². The minimum absolute atomic E-state index is 0.0351. The molecule has 0 saturated heterocycles. The topological polar surface area (TPSA) is 113 Å². The van der Waals surface area contributed by atoms with Crippen molar-refractivity contribution in [3.05, 3.63) is 11.4 Å². The van der Waals surface area contributed by atoms with E-state index in [1.807, 2.05) is 6.92 Å². The first-order chi connectivity index (χ1) is 9.11. The standard InChI is InChI=1S/C12H19N5O2/c1-2-8-10(13)11(17-16-8)12(19)14-6-5-9(18)15-7-3-4-7/h7H,2-6,13H2,1H3,(H,14,19)(H,15,18)(H,16,17). The van der Waals surface area contributed by atoms with Crippen LogP contribution in [-0.2, 0) is 11.2 Å². The molecule has 1 aromatic rings. The second-order valence-corrected chi connectivity index (χ2v) is 4.67. The summed E-state index contributed by atoms with van der Waals surface area (Å²) in [5.74, 6) is -0.389. The fourth-order valence-corrected chi connectivity index (χ4v) is 1.73. The monoisotopic (exact) mass is 265 g/mol. The number of nitrogens with zero attached hydrogens (tertiary/aromatic N) is 1. The first kappa shape index (κ1) is 13.4. The van der Waals surface area contributed by atoms with E-state index in [0.29, 0.717) is 18.2 Å². The van der Waals surface area contributed by atoms with Gasteiger partial charge in [-0.05, 0) is 19.3 Å². The van der Waals surface area contributed by atoms with Crippen LogP contribution in [0.5, 0.6) is 0 Å². The molecule has 0 aromatic carbocycles. The maximum atomic E-state index is 11.8. The first-order valence-electron chi connectivity index (χ1n) is 6.52. The molecule has 0 radical (unpaired) electrons. The number of aryl methyl sites for hydroxylation is 1. The van der Waals surface area contributed by atoms with Crippen LogP contribution in [0.25, 0.3) is 0 Å². The van der Waals surface area contributed by atoms with Crippen molar-refractivity contribution in [3.8, 4) is 0 Å². The van der Waals surface area contributed by atoms with Gasteiger partial charge in [0.25, 0.3) is 5.91 Å². The van der Waals surface area contributed by atoms with Crippen molar-refractivity contribution in [2.75, 3.05) is 12.3 Å². The molecular weight excluding hydrogens is 246 g/mol. The summed E-state index contributed by atoms with van der Waals surface area (Å²) in [6.07, 6.45) is 3.08. The van der Waals surface area contributed by atoms with Gasteiger partial charge >= 0.3 is 0 Å². The summed E-state index contributed by atoms with van der Waals surface area (Å²) in [7, 11) is 0. The zero-order chi connectivity index (χ0) is 13.8. The zero-order valence-electron chi connectivity index (χ0n) is 11.0. The molecule has 0 atom stereocenters. The van der Waals surface area contributed by atoms with Gasteiger partial charge in [0.05, 0.1) is 11.4 Å².